The summed E-state index contributed by atoms with van der Waals surface area (Å²) in [7, 11) is 0. The van der Waals surface area contributed by atoms with Crippen LogP contribution in [0.4, 0.5) is 8.78 Å². The molecule has 0 saturated heterocycles. The summed E-state index contributed by atoms with van der Waals surface area (Å²) in [6, 6.07) is 3.36. The largest absolute Gasteiger partial charge is 0.327 e. The van der Waals surface area contributed by atoms with Crippen LogP contribution in [-0.4, -0.2) is 11.0 Å². The van der Waals surface area contributed by atoms with Gasteiger partial charge in [-0.1, -0.05) is 6.07 Å². The van der Waals surface area contributed by atoms with Gasteiger partial charge >= 0.3 is 0 Å². The van der Waals surface area contributed by atoms with Gasteiger partial charge in [0.1, 0.15) is 11.6 Å². The first-order valence-corrected chi connectivity index (χ1v) is 6.53. The minimum Gasteiger partial charge on any atom is -0.327 e. The van der Waals surface area contributed by atoms with Gasteiger partial charge in [0.05, 0.1) is 10.7 Å². The smallest absolute Gasteiger partial charge is 0.129 e. The number of nitrogens with zero attached hydrogens (tertiary/aromatic N) is 1. The molecule has 2 N–H and O–H groups in total. The Kier molecular flexibility index (Phi) is 4.04. The van der Waals surface area contributed by atoms with Gasteiger partial charge in [-0.15, -0.1) is 11.3 Å². The highest BCUT2D eigenvalue weighted by atomic mass is 32.1. The number of hydrogen-bond acceptors (Lipinski definition) is 3. The summed E-state index contributed by atoms with van der Waals surface area (Å²) in [5.74, 6) is -1.11. The van der Waals surface area contributed by atoms with Crippen LogP contribution in [0.25, 0.3) is 0 Å². The summed E-state index contributed by atoms with van der Waals surface area (Å²) in [6.45, 7) is 1.93. The Hall–Kier alpha value is -1.33. The first-order valence-electron chi connectivity index (χ1n) is 5.65. The van der Waals surface area contributed by atoms with E-state index in [1.807, 2.05) is 12.3 Å². The van der Waals surface area contributed by atoms with E-state index < -0.39 is 11.6 Å². The number of aromatic nitrogens is 1. The molecule has 0 bridgehead atoms. The van der Waals surface area contributed by atoms with Gasteiger partial charge in [-0.3, -0.25) is 0 Å². The molecule has 1 unspecified atom stereocenters. The average molecular weight is 268 g/mol. The van der Waals surface area contributed by atoms with Crippen molar-refractivity contribution >= 4 is 11.3 Å². The summed E-state index contributed by atoms with van der Waals surface area (Å²) in [4.78, 5) is 4.31. The maximum atomic E-state index is 13.4. The van der Waals surface area contributed by atoms with Crippen molar-refractivity contribution in [3.05, 3.63) is 51.5 Å². The molecule has 96 valence electrons. The van der Waals surface area contributed by atoms with Crippen LogP contribution in [0, 0.1) is 18.6 Å². The molecule has 2 rings (SSSR count). The van der Waals surface area contributed by atoms with Crippen molar-refractivity contribution in [2.75, 3.05) is 0 Å². The standard InChI is InChI=1S/C13H14F2N2S/c1-8-17-12(7-18-8)6-11(16)4-9-2-3-10(14)5-13(9)15/h2-3,5,7,11H,4,6,16H2,1H3. The zero-order valence-corrected chi connectivity index (χ0v) is 10.8. The van der Waals surface area contributed by atoms with Crippen LogP contribution >= 0.6 is 11.3 Å². The van der Waals surface area contributed by atoms with Crippen LogP contribution in [-0.2, 0) is 12.8 Å². The van der Waals surface area contributed by atoms with Crippen molar-refractivity contribution < 1.29 is 8.78 Å². The van der Waals surface area contributed by atoms with Gasteiger partial charge in [-0.2, -0.15) is 0 Å². The molecule has 1 aromatic carbocycles. The predicted octanol–water partition coefficient (Wildman–Crippen LogP) is 2.84. The maximum Gasteiger partial charge on any atom is 0.129 e. The van der Waals surface area contributed by atoms with Crippen molar-refractivity contribution in [2.24, 2.45) is 5.73 Å². The van der Waals surface area contributed by atoms with Crippen LogP contribution in [0.15, 0.2) is 23.6 Å². The SMILES string of the molecule is Cc1nc(CC(N)Cc2ccc(F)cc2F)cs1. The van der Waals surface area contributed by atoms with E-state index in [-0.39, 0.29) is 6.04 Å². The Bertz CT molecular complexity index is 540. The van der Waals surface area contributed by atoms with Gasteiger partial charge in [0.15, 0.2) is 0 Å². The van der Waals surface area contributed by atoms with Crippen molar-refractivity contribution in [1.82, 2.24) is 4.98 Å². The predicted molar refractivity (Wildman–Crippen MR) is 68.6 cm³/mol. The lowest BCUT2D eigenvalue weighted by Crippen LogP contribution is -2.26. The highest BCUT2D eigenvalue weighted by molar-refractivity contribution is 7.09. The molecule has 0 aliphatic heterocycles. The Labute approximate surface area is 108 Å². The fourth-order valence-electron chi connectivity index (χ4n) is 1.81. The molecule has 0 fully saturated rings. The van der Waals surface area contributed by atoms with Gasteiger partial charge in [0, 0.05) is 23.9 Å². The molecule has 2 nitrogen and oxygen atoms in total. The van der Waals surface area contributed by atoms with Crippen molar-refractivity contribution in [3.8, 4) is 0 Å². The van der Waals surface area contributed by atoms with Crippen LogP contribution in [0.3, 0.4) is 0 Å². The second kappa shape index (κ2) is 5.54. The third-order valence-corrected chi connectivity index (χ3v) is 3.46. The lowest BCUT2D eigenvalue weighted by molar-refractivity contribution is 0.557. The second-order valence-corrected chi connectivity index (χ2v) is 5.32. The van der Waals surface area contributed by atoms with Crippen molar-refractivity contribution in [2.45, 2.75) is 25.8 Å². The van der Waals surface area contributed by atoms with Crippen LogP contribution in [0.5, 0.6) is 0 Å². The zero-order valence-electron chi connectivity index (χ0n) is 9.99. The molecule has 0 amide bonds. The molecular formula is C13H14F2N2S. The van der Waals surface area contributed by atoms with E-state index in [9.17, 15) is 8.78 Å². The Morgan fingerprint density at radius 2 is 2.11 bits per heavy atom. The highest BCUT2D eigenvalue weighted by Crippen LogP contribution is 2.14. The molecule has 0 aliphatic carbocycles. The second-order valence-electron chi connectivity index (χ2n) is 4.26. The maximum absolute atomic E-state index is 13.4. The van der Waals surface area contributed by atoms with Crippen LogP contribution in [0.1, 0.15) is 16.3 Å². The van der Waals surface area contributed by atoms with E-state index in [2.05, 4.69) is 4.98 Å². The number of nitrogens with two attached hydrogens (primary N) is 1. The summed E-state index contributed by atoms with van der Waals surface area (Å²) in [5, 5.41) is 2.95. The minimum atomic E-state index is -0.569. The molecule has 0 saturated carbocycles. The van der Waals surface area contributed by atoms with E-state index in [1.54, 1.807) is 11.3 Å². The van der Waals surface area contributed by atoms with Gasteiger partial charge in [-0.05, 0) is 25.0 Å². The lowest BCUT2D eigenvalue weighted by Gasteiger charge is -2.10. The minimum absolute atomic E-state index is 0.216. The molecule has 5 heteroatoms. The molecule has 1 atom stereocenters. The highest BCUT2D eigenvalue weighted by Gasteiger charge is 2.11. The van der Waals surface area contributed by atoms with Crippen LogP contribution in [0.2, 0.25) is 0 Å². The third-order valence-electron chi connectivity index (χ3n) is 2.64. The van der Waals surface area contributed by atoms with E-state index in [0.29, 0.717) is 18.4 Å². The number of rotatable bonds is 4. The van der Waals surface area contributed by atoms with E-state index >= 15 is 0 Å². The number of thiazole rings is 1. The first-order chi connectivity index (χ1) is 8.54. The molecular weight excluding hydrogens is 254 g/mol. The van der Waals surface area contributed by atoms with Crippen LogP contribution < -0.4 is 5.73 Å². The average Bonchev–Trinajstić information content (AvgIpc) is 2.68. The summed E-state index contributed by atoms with van der Waals surface area (Å²) >= 11 is 1.57. The molecule has 2 aromatic rings. The Morgan fingerprint density at radius 1 is 1.33 bits per heavy atom. The Morgan fingerprint density at radius 3 is 2.72 bits per heavy atom. The third kappa shape index (κ3) is 3.34. The van der Waals surface area contributed by atoms with Gasteiger partial charge in [-0.25, -0.2) is 13.8 Å². The summed E-state index contributed by atoms with van der Waals surface area (Å²) in [6.07, 6.45) is 0.976. The number of halogens is 2. The molecule has 1 heterocycles. The number of aryl methyl sites for hydroxylation is 1. The topological polar surface area (TPSA) is 38.9 Å². The van der Waals surface area contributed by atoms with Gasteiger partial charge in [0.25, 0.3) is 0 Å². The molecule has 0 radical (unpaired) electrons. The van der Waals surface area contributed by atoms with Crippen molar-refractivity contribution in [3.63, 3.8) is 0 Å². The fraction of sp³-hybridized carbons (Fsp3) is 0.308. The lowest BCUT2D eigenvalue weighted by atomic mass is 10.0. The van der Waals surface area contributed by atoms with E-state index in [1.165, 1.54) is 12.1 Å². The fourth-order valence-corrected chi connectivity index (χ4v) is 2.44. The normalized spacial score (nSPS) is 12.7. The molecule has 0 spiro atoms. The molecule has 1 aromatic heterocycles. The van der Waals surface area contributed by atoms with Crippen molar-refractivity contribution in [1.29, 1.82) is 0 Å². The first kappa shape index (κ1) is 13.1. The Balaban J connectivity index is 2.00. The molecule has 18 heavy (non-hydrogen) atoms. The monoisotopic (exact) mass is 268 g/mol. The zero-order chi connectivity index (χ0) is 13.1. The van der Waals surface area contributed by atoms with E-state index in [0.717, 1.165) is 16.8 Å². The number of hydrogen-bond donors (Lipinski definition) is 1. The van der Waals surface area contributed by atoms with Gasteiger partial charge in [0.2, 0.25) is 0 Å². The van der Waals surface area contributed by atoms with E-state index in [4.69, 9.17) is 5.73 Å². The number of benzene rings is 1. The quantitative estimate of drug-likeness (QED) is 0.926. The molecule has 0 aliphatic rings. The summed E-state index contributed by atoms with van der Waals surface area (Å²) < 4.78 is 26.2. The van der Waals surface area contributed by atoms with Gasteiger partial charge < -0.3 is 5.73 Å². The summed E-state index contributed by atoms with van der Waals surface area (Å²) in [5.41, 5.74) is 7.32.